The lowest BCUT2D eigenvalue weighted by Crippen LogP contribution is -2.37. The number of amidine groups is 1. The summed E-state index contributed by atoms with van der Waals surface area (Å²) >= 11 is 0. The highest BCUT2D eigenvalue weighted by Crippen LogP contribution is 2.12. The minimum Gasteiger partial charge on any atom is -0.409 e. The molecule has 1 rings (SSSR count). The highest BCUT2D eigenvalue weighted by molar-refractivity contribution is 5.97. The van der Waals surface area contributed by atoms with Crippen molar-refractivity contribution in [3.8, 4) is 0 Å². The number of nitrogens with two attached hydrogens (primary N) is 1. The molecule has 1 aromatic rings. The molecule has 0 heterocycles. The molecule has 5 N–H and O–H groups in total. The first kappa shape index (κ1) is 15.9. The van der Waals surface area contributed by atoms with Gasteiger partial charge in [-0.05, 0) is 19.9 Å². The van der Waals surface area contributed by atoms with Gasteiger partial charge in [0.25, 0.3) is 0 Å². The first-order valence-corrected chi connectivity index (χ1v) is 6.21. The predicted molar refractivity (Wildman–Crippen MR) is 73.9 cm³/mol. The van der Waals surface area contributed by atoms with Crippen molar-refractivity contribution in [2.24, 2.45) is 10.9 Å². The molecule has 0 unspecified atom stereocenters. The molecule has 6 nitrogen and oxygen atoms in total. The summed E-state index contributed by atoms with van der Waals surface area (Å²) in [5.41, 5.74) is 5.74. The summed E-state index contributed by atoms with van der Waals surface area (Å²) in [4.78, 5) is 11.4. The van der Waals surface area contributed by atoms with Crippen molar-refractivity contribution in [1.29, 1.82) is 0 Å². The molecule has 1 amide bonds. The van der Waals surface area contributed by atoms with Crippen LogP contribution in [0.3, 0.4) is 0 Å². The summed E-state index contributed by atoms with van der Waals surface area (Å²) < 4.78 is 14.0. The lowest BCUT2D eigenvalue weighted by atomic mass is 10.1. The van der Waals surface area contributed by atoms with Gasteiger partial charge >= 0.3 is 0 Å². The van der Waals surface area contributed by atoms with Crippen LogP contribution in [0.15, 0.2) is 23.4 Å². The minimum atomic E-state index is -0.570. The van der Waals surface area contributed by atoms with Gasteiger partial charge < -0.3 is 21.6 Å². The van der Waals surface area contributed by atoms with Gasteiger partial charge in [-0.3, -0.25) is 4.79 Å². The summed E-state index contributed by atoms with van der Waals surface area (Å²) in [7, 11) is 0. The van der Waals surface area contributed by atoms with E-state index in [-0.39, 0.29) is 36.4 Å². The Morgan fingerprint density at radius 1 is 1.50 bits per heavy atom. The second-order valence-electron chi connectivity index (χ2n) is 4.59. The number of nitrogens with one attached hydrogen (secondary N) is 2. The molecule has 1 aromatic carbocycles. The van der Waals surface area contributed by atoms with Crippen LogP contribution < -0.4 is 16.4 Å². The minimum absolute atomic E-state index is 0.0263. The average Bonchev–Trinajstić information content (AvgIpc) is 2.39. The molecular formula is C13H19FN4O2. The summed E-state index contributed by atoms with van der Waals surface area (Å²) in [6, 6.07) is 4.64. The SMILES string of the molecule is CC(C)NC(=O)CNCc1cccc(/C(N)=N/O)c1F. The lowest BCUT2D eigenvalue weighted by molar-refractivity contribution is -0.120. The summed E-state index contributed by atoms with van der Waals surface area (Å²) in [6.07, 6.45) is 0. The maximum absolute atomic E-state index is 14.0. The van der Waals surface area contributed by atoms with E-state index in [1.54, 1.807) is 12.1 Å². The number of hydrogen-bond donors (Lipinski definition) is 4. The van der Waals surface area contributed by atoms with Gasteiger partial charge in [-0.2, -0.15) is 0 Å². The molecule has 0 aliphatic carbocycles. The first-order valence-electron chi connectivity index (χ1n) is 6.21. The van der Waals surface area contributed by atoms with E-state index in [4.69, 9.17) is 10.9 Å². The Balaban J connectivity index is 2.63. The van der Waals surface area contributed by atoms with Crippen molar-refractivity contribution in [1.82, 2.24) is 10.6 Å². The number of halogens is 1. The summed E-state index contributed by atoms with van der Waals surface area (Å²) in [5.74, 6) is -1.02. The van der Waals surface area contributed by atoms with E-state index in [9.17, 15) is 9.18 Å². The molecule has 110 valence electrons. The summed E-state index contributed by atoms with van der Waals surface area (Å²) in [5, 5.41) is 16.9. The molecule has 20 heavy (non-hydrogen) atoms. The number of amides is 1. The van der Waals surface area contributed by atoms with Crippen molar-refractivity contribution in [2.75, 3.05) is 6.54 Å². The van der Waals surface area contributed by atoms with Crippen LogP contribution in [0.25, 0.3) is 0 Å². The molecule has 0 aliphatic heterocycles. The van der Waals surface area contributed by atoms with Crippen molar-refractivity contribution >= 4 is 11.7 Å². The van der Waals surface area contributed by atoms with Crippen LogP contribution in [0.1, 0.15) is 25.0 Å². The second-order valence-corrected chi connectivity index (χ2v) is 4.59. The molecule has 0 aromatic heterocycles. The van der Waals surface area contributed by atoms with Crippen LogP contribution in [0, 0.1) is 5.82 Å². The van der Waals surface area contributed by atoms with Gasteiger partial charge in [0.15, 0.2) is 5.84 Å². The molecule has 0 fully saturated rings. The third-order valence-corrected chi connectivity index (χ3v) is 2.51. The number of carbonyl (C=O) groups is 1. The highest BCUT2D eigenvalue weighted by Gasteiger charge is 2.11. The molecule has 7 heteroatoms. The Hall–Kier alpha value is -2.15. The van der Waals surface area contributed by atoms with Crippen molar-refractivity contribution < 1.29 is 14.4 Å². The maximum Gasteiger partial charge on any atom is 0.234 e. The molecule has 0 spiro atoms. The topological polar surface area (TPSA) is 99.7 Å². The fourth-order valence-corrected chi connectivity index (χ4v) is 1.65. The average molecular weight is 282 g/mol. The predicted octanol–water partition coefficient (Wildman–Crippen LogP) is 0.534. The van der Waals surface area contributed by atoms with Crippen LogP contribution in [-0.2, 0) is 11.3 Å². The molecule has 0 bridgehead atoms. The van der Waals surface area contributed by atoms with Gasteiger partial charge in [0.05, 0.1) is 12.1 Å². The Labute approximate surface area is 116 Å². The van der Waals surface area contributed by atoms with Crippen LogP contribution >= 0.6 is 0 Å². The fraction of sp³-hybridized carbons (Fsp3) is 0.385. The largest absolute Gasteiger partial charge is 0.409 e. The molecular weight excluding hydrogens is 263 g/mol. The molecule has 0 atom stereocenters. The molecule has 0 saturated heterocycles. The Bertz CT molecular complexity index is 503. The maximum atomic E-state index is 14.0. The van der Waals surface area contributed by atoms with Crippen molar-refractivity contribution in [3.05, 3.63) is 35.1 Å². The van der Waals surface area contributed by atoms with E-state index in [0.717, 1.165) is 0 Å². The first-order chi connectivity index (χ1) is 9.45. The third-order valence-electron chi connectivity index (χ3n) is 2.51. The van der Waals surface area contributed by atoms with Crippen LogP contribution in [0.2, 0.25) is 0 Å². The Kier molecular flexibility index (Phi) is 5.92. The van der Waals surface area contributed by atoms with E-state index < -0.39 is 5.82 Å². The number of rotatable bonds is 6. The van der Waals surface area contributed by atoms with E-state index in [2.05, 4.69) is 15.8 Å². The van der Waals surface area contributed by atoms with Crippen LogP contribution in [0.5, 0.6) is 0 Å². The fourth-order valence-electron chi connectivity index (χ4n) is 1.65. The van der Waals surface area contributed by atoms with E-state index in [1.807, 2.05) is 13.8 Å². The van der Waals surface area contributed by atoms with Gasteiger partial charge in [0, 0.05) is 18.2 Å². The van der Waals surface area contributed by atoms with E-state index >= 15 is 0 Å². The van der Waals surface area contributed by atoms with Crippen LogP contribution in [0.4, 0.5) is 4.39 Å². The van der Waals surface area contributed by atoms with Crippen LogP contribution in [-0.4, -0.2) is 29.5 Å². The lowest BCUT2D eigenvalue weighted by Gasteiger charge is -2.10. The van der Waals surface area contributed by atoms with E-state index in [0.29, 0.717) is 5.56 Å². The summed E-state index contributed by atoms with van der Waals surface area (Å²) in [6.45, 7) is 3.98. The van der Waals surface area contributed by atoms with Gasteiger partial charge in [-0.1, -0.05) is 17.3 Å². The van der Waals surface area contributed by atoms with Gasteiger partial charge in [-0.15, -0.1) is 0 Å². The van der Waals surface area contributed by atoms with Crippen molar-refractivity contribution in [2.45, 2.75) is 26.4 Å². The molecule has 0 radical (unpaired) electrons. The number of hydrogen-bond acceptors (Lipinski definition) is 4. The van der Waals surface area contributed by atoms with E-state index in [1.165, 1.54) is 6.07 Å². The normalized spacial score (nSPS) is 11.7. The monoisotopic (exact) mass is 282 g/mol. The highest BCUT2D eigenvalue weighted by atomic mass is 19.1. The smallest absolute Gasteiger partial charge is 0.234 e. The zero-order valence-electron chi connectivity index (χ0n) is 11.5. The number of carbonyl (C=O) groups excluding carboxylic acids is 1. The zero-order valence-corrected chi connectivity index (χ0v) is 11.5. The third kappa shape index (κ3) is 4.51. The number of benzene rings is 1. The van der Waals surface area contributed by atoms with Gasteiger partial charge in [0.2, 0.25) is 5.91 Å². The second kappa shape index (κ2) is 7.44. The standard InChI is InChI=1S/C13H19FN4O2/c1-8(2)17-11(19)7-16-6-9-4-3-5-10(12(9)14)13(15)18-20/h3-5,8,16,20H,6-7H2,1-2H3,(H2,15,18)(H,17,19). The number of nitrogens with zero attached hydrogens (tertiary/aromatic N) is 1. The number of oxime groups is 1. The van der Waals surface area contributed by atoms with Gasteiger partial charge in [0.1, 0.15) is 5.82 Å². The quantitative estimate of drug-likeness (QED) is 0.265. The molecule has 0 aliphatic rings. The van der Waals surface area contributed by atoms with Gasteiger partial charge in [-0.25, -0.2) is 4.39 Å². The zero-order chi connectivity index (χ0) is 15.1. The van der Waals surface area contributed by atoms with Crippen molar-refractivity contribution in [3.63, 3.8) is 0 Å². The Morgan fingerprint density at radius 3 is 2.80 bits per heavy atom. The Morgan fingerprint density at radius 2 is 2.20 bits per heavy atom. The molecule has 0 saturated carbocycles.